The van der Waals surface area contributed by atoms with Crippen molar-refractivity contribution in [2.75, 3.05) is 0 Å². The number of aromatic nitrogens is 3. The highest BCUT2D eigenvalue weighted by Crippen LogP contribution is 2.36. The first-order chi connectivity index (χ1) is 11.6. The molecule has 0 spiro atoms. The quantitative estimate of drug-likeness (QED) is 0.401. The third-order valence-electron chi connectivity index (χ3n) is 3.44. The predicted molar refractivity (Wildman–Crippen MR) is 90.7 cm³/mol. The molecular weight excluding hydrogens is 350 g/mol. The number of hydrogen-bond acceptors (Lipinski definition) is 6. The second-order valence-corrected chi connectivity index (χ2v) is 6.34. The van der Waals surface area contributed by atoms with E-state index >= 15 is 0 Å². The third-order valence-corrected chi connectivity index (χ3v) is 4.80. The maximum Gasteiger partial charge on any atom is 0.270 e. The van der Waals surface area contributed by atoms with Crippen LogP contribution in [0.25, 0.3) is 11.4 Å². The minimum Gasteiger partial charge on any atom is -0.258 e. The van der Waals surface area contributed by atoms with Crippen molar-refractivity contribution < 1.29 is 4.92 Å². The Morgan fingerprint density at radius 1 is 1.17 bits per heavy atom. The van der Waals surface area contributed by atoms with Crippen molar-refractivity contribution in [3.8, 4) is 11.4 Å². The number of benzene rings is 2. The summed E-state index contributed by atoms with van der Waals surface area (Å²) in [5.41, 5.74) is 1.39. The molecule has 7 nitrogen and oxygen atoms in total. The highest BCUT2D eigenvalue weighted by Gasteiger charge is 2.21. The normalized spacial score (nSPS) is 12.4. The lowest BCUT2D eigenvalue weighted by atomic mass is 10.2. The maximum atomic E-state index is 10.9. The zero-order chi connectivity index (χ0) is 16.7. The predicted octanol–water partition coefficient (Wildman–Crippen LogP) is 3.85. The van der Waals surface area contributed by atoms with Crippen LogP contribution in [0.3, 0.4) is 0 Å². The molecular formula is C15H8ClN5O2S. The monoisotopic (exact) mass is 357 g/mol. The van der Waals surface area contributed by atoms with Crippen molar-refractivity contribution in [3.05, 3.63) is 63.2 Å². The number of halogens is 1. The third kappa shape index (κ3) is 2.45. The average molecular weight is 358 g/mol. The van der Waals surface area contributed by atoms with E-state index in [0.717, 1.165) is 4.90 Å². The van der Waals surface area contributed by atoms with Crippen LogP contribution in [0.15, 0.2) is 57.6 Å². The fourth-order valence-corrected chi connectivity index (χ4v) is 3.39. The van der Waals surface area contributed by atoms with Crippen molar-refractivity contribution >= 4 is 35.3 Å². The van der Waals surface area contributed by atoms with Gasteiger partial charge >= 0.3 is 0 Å². The van der Waals surface area contributed by atoms with Crippen LogP contribution in [-0.2, 0) is 0 Å². The Labute approximate surface area is 145 Å². The lowest BCUT2D eigenvalue weighted by Crippen LogP contribution is -1.95. The fraction of sp³-hybridized carbons (Fsp3) is 0. The van der Waals surface area contributed by atoms with Crippen LogP contribution in [0, 0.1) is 10.1 Å². The van der Waals surface area contributed by atoms with Gasteiger partial charge in [-0.2, -0.15) is 9.78 Å². The van der Waals surface area contributed by atoms with Gasteiger partial charge in [0.1, 0.15) is 0 Å². The number of hydrogen-bond donors (Lipinski definition) is 0. The van der Waals surface area contributed by atoms with Crippen LogP contribution >= 0.6 is 23.4 Å². The van der Waals surface area contributed by atoms with Crippen molar-refractivity contribution in [1.82, 2.24) is 14.9 Å². The van der Waals surface area contributed by atoms with Gasteiger partial charge in [0.25, 0.3) is 5.69 Å². The SMILES string of the molecule is O=[N+]([O-])c1ccc2c(c1)C=Nn1c(nnc1-c1ccccc1Cl)S2. The van der Waals surface area contributed by atoms with E-state index in [1.54, 1.807) is 23.0 Å². The van der Waals surface area contributed by atoms with Crippen molar-refractivity contribution in [2.45, 2.75) is 10.1 Å². The van der Waals surface area contributed by atoms with E-state index in [0.29, 0.717) is 27.1 Å². The molecule has 0 amide bonds. The van der Waals surface area contributed by atoms with Crippen LogP contribution in [0.5, 0.6) is 0 Å². The standard InChI is InChI=1S/C15H8ClN5O2S/c16-12-4-2-1-3-11(12)14-18-19-15-20(14)17-8-9-7-10(21(22)23)5-6-13(9)24-15/h1-8H. The van der Waals surface area contributed by atoms with Gasteiger partial charge in [-0.05, 0) is 30.0 Å². The Morgan fingerprint density at radius 3 is 2.79 bits per heavy atom. The van der Waals surface area contributed by atoms with E-state index in [-0.39, 0.29) is 5.69 Å². The zero-order valence-corrected chi connectivity index (χ0v) is 13.5. The molecule has 2 heterocycles. The Hall–Kier alpha value is -2.71. The van der Waals surface area contributed by atoms with Crippen molar-refractivity contribution in [3.63, 3.8) is 0 Å². The van der Waals surface area contributed by atoms with E-state index < -0.39 is 4.92 Å². The summed E-state index contributed by atoms with van der Waals surface area (Å²) in [4.78, 5) is 11.3. The van der Waals surface area contributed by atoms with Gasteiger partial charge in [0, 0.05) is 28.2 Å². The van der Waals surface area contributed by atoms with Gasteiger partial charge in [0.15, 0.2) is 5.82 Å². The van der Waals surface area contributed by atoms with E-state index in [4.69, 9.17) is 11.6 Å². The van der Waals surface area contributed by atoms with Gasteiger partial charge < -0.3 is 0 Å². The molecule has 3 aromatic rings. The summed E-state index contributed by atoms with van der Waals surface area (Å²) < 4.78 is 1.58. The summed E-state index contributed by atoms with van der Waals surface area (Å²) in [5, 5.41) is 24.7. The second-order valence-electron chi connectivity index (χ2n) is 4.92. The van der Waals surface area contributed by atoms with E-state index in [1.165, 1.54) is 23.9 Å². The first-order valence-corrected chi connectivity index (χ1v) is 8.04. The molecule has 0 bridgehead atoms. The second kappa shape index (κ2) is 5.73. The molecule has 0 atom stereocenters. The van der Waals surface area contributed by atoms with Gasteiger partial charge in [-0.1, -0.05) is 23.7 Å². The minimum atomic E-state index is -0.432. The molecule has 118 valence electrons. The van der Waals surface area contributed by atoms with Gasteiger partial charge in [0.2, 0.25) is 5.16 Å². The van der Waals surface area contributed by atoms with Crippen LogP contribution in [0.2, 0.25) is 5.02 Å². The highest BCUT2D eigenvalue weighted by molar-refractivity contribution is 7.99. The molecule has 1 aromatic heterocycles. The maximum absolute atomic E-state index is 10.9. The summed E-state index contributed by atoms with van der Waals surface area (Å²) in [7, 11) is 0. The molecule has 0 radical (unpaired) electrons. The van der Waals surface area contributed by atoms with Crippen molar-refractivity contribution in [1.29, 1.82) is 0 Å². The van der Waals surface area contributed by atoms with Crippen LogP contribution in [0.4, 0.5) is 5.69 Å². The number of rotatable bonds is 2. The molecule has 0 unspecified atom stereocenters. The number of nitro groups is 1. The lowest BCUT2D eigenvalue weighted by molar-refractivity contribution is -0.384. The Morgan fingerprint density at radius 2 is 2.00 bits per heavy atom. The van der Waals surface area contributed by atoms with Crippen LogP contribution in [0.1, 0.15) is 5.56 Å². The lowest BCUT2D eigenvalue weighted by Gasteiger charge is -2.03. The van der Waals surface area contributed by atoms with E-state index in [1.807, 2.05) is 18.2 Å². The number of fused-ring (bicyclic) bond motifs is 2. The summed E-state index contributed by atoms with van der Waals surface area (Å²) in [5.74, 6) is 0.515. The molecule has 0 N–H and O–H groups in total. The molecule has 0 saturated carbocycles. The van der Waals surface area contributed by atoms with E-state index in [9.17, 15) is 10.1 Å². The summed E-state index contributed by atoms with van der Waals surface area (Å²) >= 11 is 7.57. The first-order valence-electron chi connectivity index (χ1n) is 6.84. The van der Waals surface area contributed by atoms with Gasteiger partial charge in [-0.15, -0.1) is 10.2 Å². The van der Waals surface area contributed by atoms with Crippen molar-refractivity contribution in [2.24, 2.45) is 5.10 Å². The van der Waals surface area contributed by atoms with Crippen LogP contribution < -0.4 is 0 Å². The Kier molecular flexibility index (Phi) is 3.55. The van der Waals surface area contributed by atoms with Gasteiger partial charge in [0.05, 0.1) is 16.2 Å². The molecule has 2 aromatic carbocycles. The molecule has 0 aliphatic carbocycles. The number of nitro benzene ring substituents is 1. The van der Waals surface area contributed by atoms with E-state index in [2.05, 4.69) is 15.3 Å². The molecule has 1 aliphatic heterocycles. The van der Waals surface area contributed by atoms with Gasteiger partial charge in [-0.25, -0.2) is 0 Å². The molecule has 0 saturated heterocycles. The number of nitrogens with zero attached hydrogens (tertiary/aromatic N) is 5. The zero-order valence-electron chi connectivity index (χ0n) is 12.0. The Bertz CT molecular complexity index is 1000. The fourth-order valence-electron chi connectivity index (χ4n) is 2.31. The summed E-state index contributed by atoms with van der Waals surface area (Å²) in [6, 6.07) is 11.9. The Balaban J connectivity index is 1.82. The molecule has 9 heteroatoms. The minimum absolute atomic E-state index is 0.0183. The number of non-ortho nitro benzene ring substituents is 1. The average Bonchev–Trinajstić information content (AvgIpc) is 2.87. The van der Waals surface area contributed by atoms with Crippen LogP contribution in [-0.4, -0.2) is 26.0 Å². The molecule has 0 fully saturated rings. The summed E-state index contributed by atoms with van der Waals surface area (Å²) in [6.07, 6.45) is 1.57. The molecule has 1 aliphatic rings. The molecule has 4 rings (SSSR count). The summed E-state index contributed by atoms with van der Waals surface area (Å²) in [6.45, 7) is 0. The van der Waals surface area contributed by atoms with Gasteiger partial charge in [-0.3, -0.25) is 10.1 Å². The topological polar surface area (TPSA) is 86.2 Å². The first kappa shape index (κ1) is 14.9. The highest BCUT2D eigenvalue weighted by atomic mass is 35.5. The smallest absolute Gasteiger partial charge is 0.258 e. The largest absolute Gasteiger partial charge is 0.270 e. The molecule has 24 heavy (non-hydrogen) atoms.